The maximum Gasteiger partial charge on any atom is 0.235 e. The normalized spacial score (nSPS) is 12.5. The van der Waals surface area contributed by atoms with Crippen molar-refractivity contribution < 1.29 is 9.15 Å². The van der Waals surface area contributed by atoms with Gasteiger partial charge in [-0.1, -0.05) is 60.7 Å². The molecule has 5 nitrogen and oxygen atoms in total. The van der Waals surface area contributed by atoms with Gasteiger partial charge in [0.1, 0.15) is 22.6 Å². The zero-order valence-electron chi connectivity index (χ0n) is 19.5. The minimum Gasteiger partial charge on any atom is -0.456 e. The highest BCUT2D eigenvalue weighted by atomic mass is 16.5. The Labute approximate surface area is 210 Å². The first-order valence-electron chi connectivity index (χ1n) is 12.3. The summed E-state index contributed by atoms with van der Waals surface area (Å²) >= 11 is 0. The molecule has 172 valence electrons. The van der Waals surface area contributed by atoms with Crippen LogP contribution in [0.2, 0.25) is 0 Å². The fourth-order valence-corrected chi connectivity index (χ4v) is 5.83. The molecule has 0 radical (unpaired) electrons. The highest BCUT2D eigenvalue weighted by Crippen LogP contribution is 2.46. The molecular weight excluding hydrogens is 458 g/mol. The minimum atomic E-state index is 0.607. The van der Waals surface area contributed by atoms with Crippen LogP contribution in [-0.4, -0.2) is 14.5 Å². The van der Waals surface area contributed by atoms with Crippen molar-refractivity contribution in [3.63, 3.8) is 0 Å². The second-order valence-corrected chi connectivity index (χ2v) is 9.41. The molecule has 0 fully saturated rings. The molecule has 0 bridgehead atoms. The van der Waals surface area contributed by atoms with E-state index >= 15 is 0 Å². The van der Waals surface area contributed by atoms with Gasteiger partial charge in [0.05, 0.1) is 22.1 Å². The molecule has 0 aliphatic carbocycles. The van der Waals surface area contributed by atoms with Gasteiger partial charge in [-0.05, 0) is 42.5 Å². The van der Waals surface area contributed by atoms with Crippen molar-refractivity contribution in [1.82, 2.24) is 14.5 Å². The standard InChI is InChI=1S/C32H17N3O2/c1-4-12-24-18(8-1)20-16-17-21-19-9-2-5-13-25(19)37-31(21)30(20)35(24)32-33-23-11-7-15-27-28(23)29(34-32)22-10-3-6-14-26(22)36-27/h1-17H. The molecule has 0 spiro atoms. The molecule has 0 unspecified atom stereocenters. The fraction of sp³-hybridized carbons (Fsp3) is 0. The molecular formula is C32H17N3O2. The summed E-state index contributed by atoms with van der Waals surface area (Å²) in [5.41, 5.74) is 6.39. The van der Waals surface area contributed by atoms with Gasteiger partial charge in [0.2, 0.25) is 5.95 Å². The lowest BCUT2D eigenvalue weighted by Crippen LogP contribution is -2.06. The smallest absolute Gasteiger partial charge is 0.235 e. The average Bonchev–Trinajstić information content (AvgIpc) is 3.49. The topological polar surface area (TPSA) is 53.1 Å². The second kappa shape index (κ2) is 6.74. The molecule has 0 amide bonds. The van der Waals surface area contributed by atoms with Crippen LogP contribution >= 0.6 is 0 Å². The van der Waals surface area contributed by atoms with Crippen LogP contribution in [0.1, 0.15) is 0 Å². The first-order chi connectivity index (χ1) is 18.3. The van der Waals surface area contributed by atoms with Crippen molar-refractivity contribution in [3.8, 4) is 28.7 Å². The first-order valence-corrected chi connectivity index (χ1v) is 12.3. The SMILES string of the molecule is c1ccc2c(c1)Oc1cccc3nc(-n4c5ccccc5c5ccc6c7ccccc7oc6c54)nc-2c13. The Bertz CT molecular complexity index is 2240. The number of ether oxygens (including phenoxy) is 1. The Kier molecular flexibility index (Phi) is 3.47. The van der Waals surface area contributed by atoms with Crippen LogP contribution in [0.25, 0.3) is 71.9 Å². The van der Waals surface area contributed by atoms with E-state index in [0.717, 1.165) is 77.4 Å². The number of rotatable bonds is 1. The summed E-state index contributed by atoms with van der Waals surface area (Å²) < 4.78 is 14.9. The van der Waals surface area contributed by atoms with Crippen molar-refractivity contribution in [2.75, 3.05) is 0 Å². The summed E-state index contributed by atoms with van der Waals surface area (Å²) in [4.78, 5) is 10.3. The maximum atomic E-state index is 6.49. The number of hydrogen-bond donors (Lipinski definition) is 0. The Morgan fingerprint density at radius 3 is 2.35 bits per heavy atom. The van der Waals surface area contributed by atoms with Crippen LogP contribution in [-0.2, 0) is 0 Å². The third-order valence-corrected chi connectivity index (χ3v) is 7.41. The number of furan rings is 1. The number of hydrogen-bond acceptors (Lipinski definition) is 4. The Hall–Kier alpha value is -5.16. The highest BCUT2D eigenvalue weighted by Gasteiger charge is 2.25. The number of aromatic nitrogens is 3. The molecule has 5 heteroatoms. The molecule has 0 saturated carbocycles. The lowest BCUT2D eigenvalue weighted by atomic mass is 10.0. The van der Waals surface area contributed by atoms with Crippen LogP contribution in [0.4, 0.5) is 0 Å². The van der Waals surface area contributed by atoms with Gasteiger partial charge < -0.3 is 9.15 Å². The third kappa shape index (κ3) is 2.43. The Morgan fingerprint density at radius 1 is 0.595 bits per heavy atom. The van der Waals surface area contributed by atoms with Crippen LogP contribution < -0.4 is 4.74 Å². The largest absolute Gasteiger partial charge is 0.456 e. The van der Waals surface area contributed by atoms with E-state index in [-0.39, 0.29) is 0 Å². The monoisotopic (exact) mass is 475 g/mol. The molecule has 9 rings (SSSR count). The predicted octanol–water partition coefficient (Wildman–Crippen LogP) is 8.40. The van der Waals surface area contributed by atoms with Gasteiger partial charge in [-0.15, -0.1) is 0 Å². The summed E-state index contributed by atoms with van der Waals surface area (Å²) in [5, 5.41) is 5.35. The number of nitrogens with zero attached hydrogens (tertiary/aromatic N) is 3. The molecule has 0 saturated heterocycles. The molecule has 8 aromatic rings. The van der Waals surface area contributed by atoms with E-state index in [1.165, 1.54) is 0 Å². The van der Waals surface area contributed by atoms with E-state index in [0.29, 0.717) is 5.95 Å². The molecule has 1 aliphatic rings. The summed E-state index contributed by atoms with van der Waals surface area (Å²) in [5.74, 6) is 2.18. The van der Waals surface area contributed by atoms with Gasteiger partial charge >= 0.3 is 0 Å². The summed E-state index contributed by atoms with van der Waals surface area (Å²) in [6.07, 6.45) is 0. The maximum absolute atomic E-state index is 6.49. The third-order valence-electron chi connectivity index (χ3n) is 7.41. The van der Waals surface area contributed by atoms with Gasteiger partial charge in [-0.25, -0.2) is 9.97 Å². The van der Waals surface area contributed by atoms with E-state index in [1.807, 2.05) is 54.6 Å². The van der Waals surface area contributed by atoms with Gasteiger partial charge in [0, 0.05) is 27.1 Å². The van der Waals surface area contributed by atoms with E-state index in [2.05, 4.69) is 53.1 Å². The lowest BCUT2D eigenvalue weighted by molar-refractivity contribution is 0.486. The quantitative estimate of drug-likeness (QED) is 0.239. The van der Waals surface area contributed by atoms with Gasteiger partial charge in [0.25, 0.3) is 0 Å². The van der Waals surface area contributed by atoms with Crippen LogP contribution in [0.15, 0.2) is 108 Å². The van der Waals surface area contributed by atoms with Crippen molar-refractivity contribution in [2.24, 2.45) is 0 Å². The number of para-hydroxylation sites is 3. The Balaban J connectivity index is 1.48. The fourth-order valence-electron chi connectivity index (χ4n) is 5.83. The molecule has 3 aromatic heterocycles. The molecule has 0 N–H and O–H groups in total. The minimum absolute atomic E-state index is 0.607. The molecule has 4 heterocycles. The zero-order chi connectivity index (χ0) is 24.1. The second-order valence-electron chi connectivity index (χ2n) is 9.41. The van der Waals surface area contributed by atoms with E-state index < -0.39 is 0 Å². The zero-order valence-corrected chi connectivity index (χ0v) is 19.5. The van der Waals surface area contributed by atoms with Crippen molar-refractivity contribution in [3.05, 3.63) is 103 Å². The summed E-state index contributed by atoms with van der Waals surface area (Å²) in [7, 11) is 0. The average molecular weight is 476 g/mol. The first kappa shape index (κ1) is 19.1. The predicted molar refractivity (Wildman–Crippen MR) is 147 cm³/mol. The highest BCUT2D eigenvalue weighted by molar-refractivity contribution is 6.21. The van der Waals surface area contributed by atoms with Gasteiger partial charge in [-0.3, -0.25) is 4.57 Å². The lowest BCUT2D eigenvalue weighted by Gasteiger charge is -2.20. The number of benzene rings is 5. The van der Waals surface area contributed by atoms with E-state index in [4.69, 9.17) is 19.1 Å². The van der Waals surface area contributed by atoms with Crippen molar-refractivity contribution in [1.29, 1.82) is 0 Å². The van der Waals surface area contributed by atoms with Gasteiger partial charge in [0.15, 0.2) is 5.58 Å². The van der Waals surface area contributed by atoms with Crippen molar-refractivity contribution in [2.45, 2.75) is 0 Å². The molecule has 1 aliphatic heterocycles. The van der Waals surface area contributed by atoms with E-state index in [1.54, 1.807) is 0 Å². The number of fused-ring (bicyclic) bond motifs is 9. The van der Waals surface area contributed by atoms with Crippen LogP contribution in [0.5, 0.6) is 11.5 Å². The summed E-state index contributed by atoms with van der Waals surface area (Å²) in [6.45, 7) is 0. The summed E-state index contributed by atoms with van der Waals surface area (Å²) in [6, 6.07) is 34.9. The van der Waals surface area contributed by atoms with Crippen LogP contribution in [0.3, 0.4) is 0 Å². The molecule has 0 atom stereocenters. The molecule has 37 heavy (non-hydrogen) atoms. The van der Waals surface area contributed by atoms with Crippen LogP contribution in [0, 0.1) is 0 Å². The molecule has 5 aromatic carbocycles. The van der Waals surface area contributed by atoms with Gasteiger partial charge in [-0.2, -0.15) is 0 Å². The Morgan fingerprint density at radius 2 is 1.38 bits per heavy atom. The van der Waals surface area contributed by atoms with E-state index in [9.17, 15) is 0 Å². The van der Waals surface area contributed by atoms with Crippen molar-refractivity contribution >= 4 is 54.6 Å².